The van der Waals surface area contributed by atoms with Gasteiger partial charge in [-0.1, -0.05) is 37.3 Å². The summed E-state index contributed by atoms with van der Waals surface area (Å²) in [6.45, 7) is 9.74. The Hall–Kier alpha value is -1.16. The van der Waals surface area contributed by atoms with Crippen molar-refractivity contribution < 1.29 is 5.11 Å². The molecule has 3 N–H and O–H groups in total. The number of aliphatic hydroxyl groups is 1. The normalized spacial score (nSPS) is 16.5. The summed E-state index contributed by atoms with van der Waals surface area (Å²) in [6, 6.07) is 13.1. The maximum absolute atomic E-state index is 9.65. The summed E-state index contributed by atoms with van der Waals surface area (Å²) in [5, 5.41) is 18.6. The molecule has 1 saturated heterocycles. The Kier molecular flexibility index (Phi) is 11.9. The quantitative estimate of drug-likeness (QED) is 0.246. The molecule has 5 nitrogen and oxygen atoms in total. The third-order valence-electron chi connectivity index (χ3n) is 5.50. The lowest BCUT2D eigenvalue weighted by molar-refractivity contribution is 0.0792. The lowest BCUT2D eigenvalue weighted by atomic mass is 10.1. The minimum Gasteiger partial charge on any atom is -0.393 e. The van der Waals surface area contributed by atoms with E-state index in [2.05, 4.69) is 71.2 Å². The second kappa shape index (κ2) is 14.1. The topological polar surface area (TPSA) is 59.9 Å². The smallest absolute Gasteiger partial charge is 0.191 e. The van der Waals surface area contributed by atoms with Gasteiger partial charge in [0.2, 0.25) is 0 Å². The molecular weight excluding hydrogens is 519 g/mol. The van der Waals surface area contributed by atoms with Gasteiger partial charge in [0.25, 0.3) is 0 Å². The van der Waals surface area contributed by atoms with Crippen molar-refractivity contribution >= 4 is 41.3 Å². The Morgan fingerprint density at radius 3 is 2.52 bits per heavy atom. The molecular formula is C24H37IN4OS. The first-order valence-electron chi connectivity index (χ1n) is 11.1. The van der Waals surface area contributed by atoms with Crippen LogP contribution in [0.3, 0.4) is 0 Å². The average molecular weight is 557 g/mol. The van der Waals surface area contributed by atoms with Gasteiger partial charge >= 0.3 is 0 Å². The van der Waals surface area contributed by atoms with Crippen LogP contribution in [-0.2, 0) is 19.5 Å². The van der Waals surface area contributed by atoms with E-state index in [1.54, 1.807) is 0 Å². The molecule has 7 heteroatoms. The van der Waals surface area contributed by atoms with Crippen LogP contribution >= 0.6 is 35.3 Å². The Morgan fingerprint density at radius 1 is 1.16 bits per heavy atom. The second-order valence-corrected chi connectivity index (χ2v) is 9.32. The molecule has 1 aromatic heterocycles. The molecule has 0 aliphatic carbocycles. The summed E-state index contributed by atoms with van der Waals surface area (Å²) < 4.78 is 0. The van der Waals surface area contributed by atoms with Gasteiger partial charge in [-0.15, -0.1) is 35.3 Å². The number of hydrogen-bond acceptors (Lipinski definition) is 4. The zero-order valence-corrected chi connectivity index (χ0v) is 21.9. The third kappa shape index (κ3) is 9.47. The van der Waals surface area contributed by atoms with Crippen LogP contribution in [0.2, 0.25) is 0 Å². The number of benzene rings is 1. The molecule has 1 unspecified atom stereocenters. The van der Waals surface area contributed by atoms with E-state index in [-0.39, 0.29) is 30.1 Å². The number of piperidine rings is 1. The molecule has 172 valence electrons. The summed E-state index contributed by atoms with van der Waals surface area (Å²) in [5.74, 6) is 1.44. The monoisotopic (exact) mass is 556 g/mol. The van der Waals surface area contributed by atoms with Crippen LogP contribution < -0.4 is 10.6 Å². The number of nitrogens with one attached hydrogen (secondary N) is 2. The van der Waals surface area contributed by atoms with Crippen LogP contribution in [0.4, 0.5) is 0 Å². The van der Waals surface area contributed by atoms with E-state index < -0.39 is 0 Å². The SMILES string of the molecule is CCNC(=NCc1ccc(CN2CCC(O)CC2)cc1)NCC(C)Cc1cccs1.I. The standard InChI is InChI=1S/C24H36N4OS.HI/c1-3-25-24(26-16-19(2)15-23-5-4-14-30-23)27-17-20-6-8-21(9-7-20)18-28-12-10-22(29)11-13-28;/h4-9,14,19,22,29H,3,10-13,15-18H2,1-2H3,(H2,25,26,27);1H. The van der Waals surface area contributed by atoms with Gasteiger partial charge in [-0.3, -0.25) is 4.90 Å². The maximum Gasteiger partial charge on any atom is 0.191 e. The molecule has 1 atom stereocenters. The Balaban J connectivity index is 0.00000341. The molecule has 31 heavy (non-hydrogen) atoms. The fourth-order valence-corrected chi connectivity index (χ4v) is 4.58. The lowest BCUT2D eigenvalue weighted by Crippen LogP contribution is -2.39. The van der Waals surface area contributed by atoms with E-state index in [9.17, 15) is 5.11 Å². The van der Waals surface area contributed by atoms with Gasteiger partial charge in [0, 0.05) is 37.6 Å². The zero-order valence-electron chi connectivity index (χ0n) is 18.7. The molecule has 0 saturated carbocycles. The van der Waals surface area contributed by atoms with Crippen molar-refractivity contribution in [1.29, 1.82) is 0 Å². The molecule has 0 amide bonds. The van der Waals surface area contributed by atoms with Crippen molar-refractivity contribution in [3.05, 3.63) is 57.8 Å². The number of nitrogens with zero attached hydrogens (tertiary/aromatic N) is 2. The number of guanidine groups is 1. The highest BCUT2D eigenvalue weighted by Crippen LogP contribution is 2.15. The number of thiophene rings is 1. The summed E-state index contributed by atoms with van der Waals surface area (Å²) in [5.41, 5.74) is 2.54. The summed E-state index contributed by atoms with van der Waals surface area (Å²) >= 11 is 1.83. The Labute approximate surface area is 208 Å². The number of aliphatic hydroxyl groups excluding tert-OH is 1. The van der Waals surface area contributed by atoms with Crippen molar-refractivity contribution in [2.75, 3.05) is 26.2 Å². The van der Waals surface area contributed by atoms with Gasteiger partial charge in [-0.25, -0.2) is 4.99 Å². The Bertz CT molecular complexity index is 758. The maximum atomic E-state index is 9.65. The van der Waals surface area contributed by atoms with Crippen LogP contribution in [0.25, 0.3) is 0 Å². The molecule has 1 aliphatic rings. The van der Waals surface area contributed by atoms with E-state index in [0.29, 0.717) is 12.5 Å². The van der Waals surface area contributed by atoms with Gasteiger partial charge in [0.05, 0.1) is 12.6 Å². The summed E-state index contributed by atoms with van der Waals surface area (Å²) in [6.07, 6.45) is 2.76. The van der Waals surface area contributed by atoms with Gasteiger partial charge in [0.15, 0.2) is 5.96 Å². The first kappa shape index (κ1) is 26.1. The number of halogens is 1. The number of hydrogen-bond donors (Lipinski definition) is 3. The first-order chi connectivity index (χ1) is 14.6. The molecule has 0 radical (unpaired) electrons. The van der Waals surface area contributed by atoms with Crippen molar-refractivity contribution in [3.63, 3.8) is 0 Å². The van der Waals surface area contributed by atoms with Gasteiger partial charge in [-0.2, -0.15) is 0 Å². The molecule has 1 aliphatic heterocycles. The predicted molar refractivity (Wildman–Crippen MR) is 142 cm³/mol. The van der Waals surface area contributed by atoms with Gasteiger partial charge < -0.3 is 15.7 Å². The fourth-order valence-electron chi connectivity index (χ4n) is 3.71. The first-order valence-corrected chi connectivity index (χ1v) is 12.0. The molecule has 0 bridgehead atoms. The number of likely N-dealkylation sites (tertiary alicyclic amines) is 1. The van der Waals surface area contributed by atoms with Crippen LogP contribution in [0.5, 0.6) is 0 Å². The largest absolute Gasteiger partial charge is 0.393 e. The van der Waals surface area contributed by atoms with Crippen LogP contribution in [0.15, 0.2) is 46.8 Å². The minimum absolute atomic E-state index is 0. The van der Waals surface area contributed by atoms with Crippen molar-refractivity contribution in [2.45, 2.75) is 52.3 Å². The highest BCUT2D eigenvalue weighted by atomic mass is 127. The lowest BCUT2D eigenvalue weighted by Gasteiger charge is -2.29. The van der Waals surface area contributed by atoms with Crippen molar-refractivity contribution in [2.24, 2.45) is 10.9 Å². The highest BCUT2D eigenvalue weighted by molar-refractivity contribution is 14.0. The number of rotatable bonds is 9. The number of aliphatic imine (C=N–C) groups is 1. The molecule has 2 aromatic rings. The van der Waals surface area contributed by atoms with Crippen molar-refractivity contribution in [1.82, 2.24) is 15.5 Å². The molecule has 1 fully saturated rings. The van der Waals surface area contributed by atoms with E-state index in [4.69, 9.17) is 4.99 Å². The van der Waals surface area contributed by atoms with Crippen molar-refractivity contribution in [3.8, 4) is 0 Å². The van der Waals surface area contributed by atoms with Crippen LogP contribution in [0.1, 0.15) is 42.7 Å². The fraction of sp³-hybridized carbons (Fsp3) is 0.542. The van der Waals surface area contributed by atoms with Gasteiger partial charge in [0.1, 0.15) is 0 Å². The minimum atomic E-state index is -0.111. The third-order valence-corrected chi connectivity index (χ3v) is 6.40. The summed E-state index contributed by atoms with van der Waals surface area (Å²) in [4.78, 5) is 8.62. The van der Waals surface area contributed by atoms with Crippen LogP contribution in [-0.4, -0.2) is 48.2 Å². The van der Waals surface area contributed by atoms with E-state index in [1.165, 1.54) is 16.0 Å². The second-order valence-electron chi connectivity index (χ2n) is 8.29. The Morgan fingerprint density at radius 2 is 1.87 bits per heavy atom. The molecule has 2 heterocycles. The molecule has 0 spiro atoms. The van der Waals surface area contributed by atoms with Crippen LogP contribution in [0, 0.1) is 5.92 Å². The van der Waals surface area contributed by atoms with E-state index >= 15 is 0 Å². The summed E-state index contributed by atoms with van der Waals surface area (Å²) in [7, 11) is 0. The van der Waals surface area contributed by atoms with E-state index in [1.807, 2.05) is 11.3 Å². The molecule has 1 aromatic carbocycles. The van der Waals surface area contributed by atoms with E-state index in [0.717, 1.165) is 57.9 Å². The zero-order chi connectivity index (χ0) is 21.2. The van der Waals surface area contributed by atoms with Gasteiger partial charge in [-0.05, 0) is 54.7 Å². The average Bonchev–Trinajstić information content (AvgIpc) is 3.26. The highest BCUT2D eigenvalue weighted by Gasteiger charge is 2.16. The predicted octanol–water partition coefficient (Wildman–Crippen LogP) is 4.26. The molecule has 3 rings (SSSR count).